The van der Waals surface area contributed by atoms with Crippen LogP contribution in [0, 0.1) is 0 Å². The predicted octanol–water partition coefficient (Wildman–Crippen LogP) is 2.60. The molecule has 0 saturated carbocycles. The van der Waals surface area contributed by atoms with Crippen LogP contribution in [-0.2, 0) is 19.1 Å². The number of hydrogen-bond donors (Lipinski definition) is 0. The van der Waals surface area contributed by atoms with Gasteiger partial charge in [0.05, 0.1) is 6.61 Å². The van der Waals surface area contributed by atoms with Crippen molar-refractivity contribution in [2.45, 2.75) is 64.4 Å². The van der Waals surface area contributed by atoms with Crippen LogP contribution in [0.5, 0.6) is 0 Å². The molecule has 0 aromatic heterocycles. The van der Waals surface area contributed by atoms with Gasteiger partial charge in [-0.25, -0.2) is 4.79 Å². The number of cyclic esters (lactones) is 1. The summed E-state index contributed by atoms with van der Waals surface area (Å²) < 4.78 is 9.76. The number of unbranched alkanes of at least 4 members (excludes halogenated alkanes) is 5. The van der Waals surface area contributed by atoms with Crippen LogP contribution in [-0.4, -0.2) is 24.6 Å². The molecule has 1 saturated heterocycles. The van der Waals surface area contributed by atoms with Crippen LogP contribution in [0.15, 0.2) is 0 Å². The Hall–Kier alpha value is -1.06. The maximum absolute atomic E-state index is 11.4. The fourth-order valence-electron chi connectivity index (χ4n) is 1.85. The molecule has 0 aromatic carbocycles. The second kappa shape index (κ2) is 8.09. The van der Waals surface area contributed by atoms with Gasteiger partial charge < -0.3 is 9.47 Å². The molecule has 0 spiro atoms. The van der Waals surface area contributed by atoms with E-state index in [0.717, 1.165) is 12.8 Å². The van der Waals surface area contributed by atoms with Crippen LogP contribution >= 0.6 is 0 Å². The summed E-state index contributed by atoms with van der Waals surface area (Å²) in [5.74, 6) is -0.675. The van der Waals surface area contributed by atoms with Crippen LogP contribution in [0.3, 0.4) is 0 Å². The van der Waals surface area contributed by atoms with Crippen molar-refractivity contribution in [1.29, 1.82) is 0 Å². The van der Waals surface area contributed by atoms with Crippen LogP contribution < -0.4 is 0 Å². The molecule has 1 unspecified atom stereocenters. The minimum absolute atomic E-state index is 0.274. The highest BCUT2D eigenvalue weighted by Crippen LogP contribution is 2.13. The molecule has 1 fully saturated rings. The van der Waals surface area contributed by atoms with E-state index in [1.165, 1.54) is 25.7 Å². The summed E-state index contributed by atoms with van der Waals surface area (Å²) in [4.78, 5) is 22.5. The van der Waals surface area contributed by atoms with Gasteiger partial charge >= 0.3 is 11.9 Å². The molecular weight excluding hydrogens is 220 g/mol. The van der Waals surface area contributed by atoms with E-state index in [1.54, 1.807) is 0 Å². The lowest BCUT2D eigenvalue weighted by Gasteiger charge is -2.07. The van der Waals surface area contributed by atoms with Crippen molar-refractivity contribution >= 4 is 11.9 Å². The van der Waals surface area contributed by atoms with Gasteiger partial charge in [0.2, 0.25) is 6.10 Å². The Morgan fingerprint density at radius 2 is 2.00 bits per heavy atom. The monoisotopic (exact) mass is 242 g/mol. The maximum Gasteiger partial charge on any atom is 0.347 e. The van der Waals surface area contributed by atoms with Gasteiger partial charge in [-0.15, -0.1) is 0 Å². The molecule has 1 heterocycles. The third-order valence-electron chi connectivity index (χ3n) is 2.90. The number of rotatable bonds is 8. The standard InChI is InChI=1S/C13H22O4/c1-2-3-4-5-6-7-8-12(14)17-11-9-10-16-13(11)15/h11H,2-10H2,1H3. The van der Waals surface area contributed by atoms with Gasteiger partial charge in [0, 0.05) is 12.8 Å². The number of ether oxygens (including phenoxy) is 2. The zero-order chi connectivity index (χ0) is 12.5. The van der Waals surface area contributed by atoms with E-state index < -0.39 is 12.1 Å². The molecular formula is C13H22O4. The molecule has 0 amide bonds. The van der Waals surface area contributed by atoms with Crippen molar-refractivity contribution in [3.05, 3.63) is 0 Å². The van der Waals surface area contributed by atoms with Crippen molar-refractivity contribution < 1.29 is 19.1 Å². The summed E-state index contributed by atoms with van der Waals surface area (Å²) in [5, 5.41) is 0. The Balaban J connectivity index is 1.99. The molecule has 17 heavy (non-hydrogen) atoms. The topological polar surface area (TPSA) is 52.6 Å². The lowest BCUT2D eigenvalue weighted by Crippen LogP contribution is -2.22. The first kappa shape index (κ1) is 14.0. The molecule has 0 aromatic rings. The summed E-state index contributed by atoms with van der Waals surface area (Å²) in [6, 6.07) is 0. The van der Waals surface area contributed by atoms with E-state index in [4.69, 9.17) is 9.47 Å². The van der Waals surface area contributed by atoms with Gasteiger partial charge in [0.25, 0.3) is 0 Å². The summed E-state index contributed by atoms with van der Waals surface area (Å²) in [6.07, 6.45) is 7.07. The molecule has 4 nitrogen and oxygen atoms in total. The van der Waals surface area contributed by atoms with Crippen molar-refractivity contribution in [2.75, 3.05) is 6.61 Å². The molecule has 0 radical (unpaired) electrons. The average molecular weight is 242 g/mol. The second-order valence-electron chi connectivity index (χ2n) is 4.45. The highest BCUT2D eigenvalue weighted by molar-refractivity contribution is 5.80. The van der Waals surface area contributed by atoms with Gasteiger partial charge in [-0.05, 0) is 6.42 Å². The fourth-order valence-corrected chi connectivity index (χ4v) is 1.85. The van der Waals surface area contributed by atoms with E-state index >= 15 is 0 Å². The van der Waals surface area contributed by atoms with Gasteiger partial charge in [0.15, 0.2) is 0 Å². The van der Waals surface area contributed by atoms with E-state index in [2.05, 4.69) is 6.92 Å². The lowest BCUT2D eigenvalue weighted by molar-refractivity contribution is -0.160. The molecule has 0 N–H and O–H groups in total. The third-order valence-corrected chi connectivity index (χ3v) is 2.90. The largest absolute Gasteiger partial charge is 0.463 e. The number of hydrogen-bond acceptors (Lipinski definition) is 4. The maximum atomic E-state index is 11.4. The summed E-state index contributed by atoms with van der Waals surface area (Å²) in [6.45, 7) is 2.55. The molecule has 1 rings (SSSR count). The predicted molar refractivity (Wildman–Crippen MR) is 63.4 cm³/mol. The smallest absolute Gasteiger partial charge is 0.347 e. The molecule has 1 aliphatic heterocycles. The molecule has 4 heteroatoms. The first-order valence-corrected chi connectivity index (χ1v) is 6.60. The minimum Gasteiger partial charge on any atom is -0.463 e. The van der Waals surface area contributed by atoms with E-state index in [9.17, 15) is 9.59 Å². The summed E-state index contributed by atoms with van der Waals surface area (Å²) in [7, 11) is 0. The Labute approximate surface area is 103 Å². The normalized spacial score (nSPS) is 19.1. The highest BCUT2D eigenvalue weighted by atomic mass is 16.6. The van der Waals surface area contributed by atoms with Crippen LogP contribution in [0.4, 0.5) is 0 Å². The Bertz CT molecular complexity index is 250. The van der Waals surface area contributed by atoms with Gasteiger partial charge in [-0.1, -0.05) is 39.0 Å². The minimum atomic E-state index is -0.650. The van der Waals surface area contributed by atoms with Crippen molar-refractivity contribution in [2.24, 2.45) is 0 Å². The van der Waals surface area contributed by atoms with Crippen molar-refractivity contribution in [3.63, 3.8) is 0 Å². The Kier molecular flexibility index (Phi) is 6.67. The molecule has 1 atom stereocenters. The molecule has 0 bridgehead atoms. The first-order chi connectivity index (χ1) is 8.24. The van der Waals surface area contributed by atoms with Gasteiger partial charge in [0.1, 0.15) is 0 Å². The molecule has 98 valence electrons. The van der Waals surface area contributed by atoms with E-state index in [1.807, 2.05) is 0 Å². The van der Waals surface area contributed by atoms with Crippen LogP contribution in [0.25, 0.3) is 0 Å². The molecule has 1 aliphatic rings. The summed E-state index contributed by atoms with van der Waals surface area (Å²) >= 11 is 0. The zero-order valence-corrected chi connectivity index (χ0v) is 10.6. The number of carbonyl (C=O) groups is 2. The van der Waals surface area contributed by atoms with Crippen molar-refractivity contribution in [1.82, 2.24) is 0 Å². The van der Waals surface area contributed by atoms with Gasteiger partial charge in [-0.2, -0.15) is 0 Å². The average Bonchev–Trinajstić information content (AvgIpc) is 2.69. The third kappa shape index (κ3) is 5.71. The highest BCUT2D eigenvalue weighted by Gasteiger charge is 2.29. The SMILES string of the molecule is CCCCCCCCC(=O)OC1CCOC1=O. The van der Waals surface area contributed by atoms with Crippen LogP contribution in [0.1, 0.15) is 58.3 Å². The first-order valence-electron chi connectivity index (χ1n) is 6.60. The Morgan fingerprint density at radius 3 is 2.65 bits per heavy atom. The summed E-state index contributed by atoms with van der Waals surface area (Å²) in [5.41, 5.74) is 0. The number of carbonyl (C=O) groups excluding carboxylic acids is 2. The molecule has 0 aliphatic carbocycles. The van der Waals surface area contributed by atoms with Crippen molar-refractivity contribution in [3.8, 4) is 0 Å². The van der Waals surface area contributed by atoms with Gasteiger partial charge in [-0.3, -0.25) is 4.79 Å². The van der Waals surface area contributed by atoms with Crippen LogP contribution in [0.2, 0.25) is 0 Å². The second-order valence-corrected chi connectivity index (χ2v) is 4.45. The number of esters is 2. The lowest BCUT2D eigenvalue weighted by atomic mass is 10.1. The quantitative estimate of drug-likeness (QED) is 0.485. The fraction of sp³-hybridized carbons (Fsp3) is 0.846. The van der Waals surface area contributed by atoms with E-state index in [0.29, 0.717) is 19.4 Å². The van der Waals surface area contributed by atoms with E-state index in [-0.39, 0.29) is 5.97 Å². The Morgan fingerprint density at radius 1 is 1.29 bits per heavy atom. The zero-order valence-electron chi connectivity index (χ0n) is 10.6.